The average Bonchev–Trinajstić information content (AvgIpc) is 2.38. The summed E-state index contributed by atoms with van der Waals surface area (Å²) < 4.78 is 0. The molecule has 2 unspecified atom stereocenters. The van der Waals surface area contributed by atoms with Gasteiger partial charge in [0.2, 0.25) is 0 Å². The molecule has 0 aromatic rings. The Hall–Kier alpha value is -0.0400. The van der Waals surface area contributed by atoms with Gasteiger partial charge in [0.25, 0.3) is 0 Å². The first-order valence-corrected chi connectivity index (χ1v) is 5.26. The van der Waals surface area contributed by atoms with Gasteiger partial charge in [0.05, 0.1) is 0 Å². The Labute approximate surface area is 76.9 Å². The largest absolute Gasteiger partial charge is 0.316 e. The zero-order valence-corrected chi connectivity index (χ0v) is 8.98. The lowest BCUT2D eigenvalue weighted by Gasteiger charge is -2.34. The van der Waals surface area contributed by atoms with Crippen LogP contribution in [0.25, 0.3) is 0 Å². The standard InChI is InChI=1S/C11H23N/c1-5-10(11(2,3)4)9-6-7-12-8-9/h9-10,12H,5-8H2,1-4H3. The molecule has 0 spiro atoms. The van der Waals surface area contributed by atoms with Crippen LogP contribution >= 0.6 is 0 Å². The topological polar surface area (TPSA) is 12.0 Å². The average molecular weight is 169 g/mol. The molecule has 12 heavy (non-hydrogen) atoms. The first-order valence-electron chi connectivity index (χ1n) is 5.26. The molecule has 1 heteroatoms. The second-order valence-electron chi connectivity index (χ2n) is 5.13. The van der Waals surface area contributed by atoms with Crippen molar-refractivity contribution in [2.45, 2.75) is 40.5 Å². The van der Waals surface area contributed by atoms with Crippen LogP contribution in [0, 0.1) is 17.3 Å². The second-order valence-corrected chi connectivity index (χ2v) is 5.13. The fourth-order valence-corrected chi connectivity index (χ4v) is 2.67. The lowest BCUT2D eigenvalue weighted by Crippen LogP contribution is -2.29. The molecule has 0 aromatic heterocycles. The summed E-state index contributed by atoms with van der Waals surface area (Å²) in [7, 11) is 0. The molecular formula is C11H23N. The van der Waals surface area contributed by atoms with Crippen molar-refractivity contribution >= 4 is 0 Å². The normalized spacial score (nSPS) is 27.5. The van der Waals surface area contributed by atoms with E-state index < -0.39 is 0 Å². The Morgan fingerprint density at radius 1 is 1.42 bits per heavy atom. The molecule has 2 atom stereocenters. The van der Waals surface area contributed by atoms with Crippen LogP contribution in [0.3, 0.4) is 0 Å². The third kappa shape index (κ3) is 2.22. The van der Waals surface area contributed by atoms with Gasteiger partial charge in [-0.3, -0.25) is 0 Å². The van der Waals surface area contributed by atoms with E-state index >= 15 is 0 Å². The van der Waals surface area contributed by atoms with Gasteiger partial charge in [-0.1, -0.05) is 34.1 Å². The Kier molecular flexibility index (Phi) is 3.16. The molecule has 1 rings (SSSR count). The van der Waals surface area contributed by atoms with E-state index in [1.54, 1.807) is 0 Å². The van der Waals surface area contributed by atoms with Crippen molar-refractivity contribution < 1.29 is 0 Å². The van der Waals surface area contributed by atoms with Crippen LogP contribution in [0.2, 0.25) is 0 Å². The summed E-state index contributed by atoms with van der Waals surface area (Å²) in [5.74, 6) is 1.82. The molecular weight excluding hydrogens is 146 g/mol. The summed E-state index contributed by atoms with van der Waals surface area (Å²) in [5, 5.41) is 3.46. The summed E-state index contributed by atoms with van der Waals surface area (Å²) >= 11 is 0. The van der Waals surface area contributed by atoms with Gasteiger partial charge in [-0.05, 0) is 36.8 Å². The third-order valence-electron chi connectivity index (χ3n) is 3.22. The SMILES string of the molecule is CCC(C1CCNC1)C(C)(C)C. The van der Waals surface area contributed by atoms with Crippen molar-refractivity contribution in [1.82, 2.24) is 5.32 Å². The highest BCUT2D eigenvalue weighted by atomic mass is 14.9. The van der Waals surface area contributed by atoms with E-state index in [2.05, 4.69) is 33.0 Å². The van der Waals surface area contributed by atoms with E-state index in [9.17, 15) is 0 Å². The predicted molar refractivity (Wildman–Crippen MR) is 54.2 cm³/mol. The molecule has 0 aromatic carbocycles. The van der Waals surface area contributed by atoms with Gasteiger partial charge in [-0.25, -0.2) is 0 Å². The van der Waals surface area contributed by atoms with Crippen molar-refractivity contribution in [3.8, 4) is 0 Å². The van der Waals surface area contributed by atoms with Gasteiger partial charge in [0, 0.05) is 0 Å². The van der Waals surface area contributed by atoms with Crippen LogP contribution in [-0.2, 0) is 0 Å². The Bertz CT molecular complexity index is 128. The lowest BCUT2D eigenvalue weighted by molar-refractivity contribution is 0.162. The smallest absolute Gasteiger partial charge is 0.00172 e. The molecule has 0 bridgehead atoms. The minimum absolute atomic E-state index is 0.492. The Balaban J connectivity index is 2.54. The summed E-state index contributed by atoms with van der Waals surface area (Å²) in [5.41, 5.74) is 0.492. The molecule has 72 valence electrons. The van der Waals surface area contributed by atoms with Crippen LogP contribution in [0.5, 0.6) is 0 Å². The van der Waals surface area contributed by atoms with Gasteiger partial charge in [0.1, 0.15) is 0 Å². The van der Waals surface area contributed by atoms with E-state index in [-0.39, 0.29) is 0 Å². The van der Waals surface area contributed by atoms with Gasteiger partial charge in [-0.2, -0.15) is 0 Å². The number of hydrogen-bond acceptors (Lipinski definition) is 1. The molecule has 1 heterocycles. The maximum atomic E-state index is 3.46. The van der Waals surface area contributed by atoms with Crippen molar-refractivity contribution in [3.05, 3.63) is 0 Å². The Morgan fingerprint density at radius 2 is 2.08 bits per heavy atom. The van der Waals surface area contributed by atoms with Crippen molar-refractivity contribution in [2.75, 3.05) is 13.1 Å². The fraction of sp³-hybridized carbons (Fsp3) is 1.00. The number of hydrogen-bond donors (Lipinski definition) is 1. The molecule has 1 N–H and O–H groups in total. The minimum Gasteiger partial charge on any atom is -0.316 e. The minimum atomic E-state index is 0.492. The molecule has 1 saturated heterocycles. The van der Waals surface area contributed by atoms with Crippen molar-refractivity contribution in [3.63, 3.8) is 0 Å². The molecule has 0 saturated carbocycles. The van der Waals surface area contributed by atoms with Crippen LogP contribution in [0.15, 0.2) is 0 Å². The van der Waals surface area contributed by atoms with E-state index in [1.807, 2.05) is 0 Å². The van der Waals surface area contributed by atoms with E-state index in [4.69, 9.17) is 0 Å². The molecule has 0 aliphatic carbocycles. The quantitative estimate of drug-likeness (QED) is 0.670. The molecule has 0 radical (unpaired) electrons. The highest BCUT2D eigenvalue weighted by Gasteiger charge is 2.31. The molecule has 1 aliphatic rings. The van der Waals surface area contributed by atoms with E-state index in [0.29, 0.717) is 5.41 Å². The number of nitrogens with one attached hydrogen (secondary N) is 1. The van der Waals surface area contributed by atoms with Crippen molar-refractivity contribution in [1.29, 1.82) is 0 Å². The summed E-state index contributed by atoms with van der Waals surface area (Å²) in [6, 6.07) is 0. The highest BCUT2D eigenvalue weighted by Crippen LogP contribution is 2.37. The van der Waals surface area contributed by atoms with Gasteiger partial charge >= 0.3 is 0 Å². The van der Waals surface area contributed by atoms with Crippen molar-refractivity contribution in [2.24, 2.45) is 17.3 Å². The number of rotatable bonds is 2. The van der Waals surface area contributed by atoms with Gasteiger partial charge in [0.15, 0.2) is 0 Å². The molecule has 0 amide bonds. The first-order chi connectivity index (χ1) is 5.55. The van der Waals surface area contributed by atoms with Gasteiger partial charge in [-0.15, -0.1) is 0 Å². The van der Waals surface area contributed by atoms with Gasteiger partial charge < -0.3 is 5.32 Å². The zero-order chi connectivity index (χ0) is 9.19. The third-order valence-corrected chi connectivity index (χ3v) is 3.22. The summed E-state index contributed by atoms with van der Waals surface area (Å²) in [4.78, 5) is 0. The van der Waals surface area contributed by atoms with Crippen LogP contribution in [-0.4, -0.2) is 13.1 Å². The molecule has 1 nitrogen and oxygen atoms in total. The van der Waals surface area contributed by atoms with E-state index in [1.165, 1.54) is 25.9 Å². The lowest BCUT2D eigenvalue weighted by atomic mass is 9.71. The van der Waals surface area contributed by atoms with E-state index in [0.717, 1.165) is 11.8 Å². The first kappa shape index (κ1) is 10.0. The maximum absolute atomic E-state index is 3.46. The maximum Gasteiger partial charge on any atom is -0.00172 e. The van der Waals surface area contributed by atoms with Crippen LogP contribution in [0.4, 0.5) is 0 Å². The summed E-state index contributed by atoms with van der Waals surface area (Å²) in [6.07, 6.45) is 2.71. The molecule has 1 aliphatic heterocycles. The predicted octanol–water partition coefficient (Wildman–Crippen LogP) is 2.67. The molecule has 1 fully saturated rings. The van der Waals surface area contributed by atoms with Crippen LogP contribution in [0.1, 0.15) is 40.5 Å². The monoisotopic (exact) mass is 169 g/mol. The second kappa shape index (κ2) is 3.78. The zero-order valence-electron chi connectivity index (χ0n) is 8.98. The Morgan fingerprint density at radius 3 is 2.42 bits per heavy atom. The highest BCUT2D eigenvalue weighted by molar-refractivity contribution is 4.84. The fourth-order valence-electron chi connectivity index (χ4n) is 2.67. The summed E-state index contributed by atoms with van der Waals surface area (Å²) in [6.45, 7) is 11.9. The van der Waals surface area contributed by atoms with Crippen LogP contribution < -0.4 is 5.32 Å².